The lowest BCUT2D eigenvalue weighted by atomic mass is 9.87. The summed E-state index contributed by atoms with van der Waals surface area (Å²) in [6.07, 6.45) is 4.37. The number of allylic oxidation sites excluding steroid dienone is 1. The Morgan fingerprint density at radius 1 is 1.44 bits per heavy atom. The summed E-state index contributed by atoms with van der Waals surface area (Å²) in [6, 6.07) is 0. The van der Waals surface area contributed by atoms with E-state index >= 15 is 0 Å². The van der Waals surface area contributed by atoms with Gasteiger partial charge in [-0.3, -0.25) is 0 Å². The van der Waals surface area contributed by atoms with Crippen molar-refractivity contribution in [2.45, 2.75) is 26.2 Å². The average Bonchev–Trinajstić information content (AvgIpc) is 2.37. The summed E-state index contributed by atoms with van der Waals surface area (Å²) >= 11 is 0. The highest BCUT2D eigenvalue weighted by molar-refractivity contribution is 5.16. The van der Waals surface area contributed by atoms with Gasteiger partial charge in [0.05, 0.1) is 0 Å². The Balaban J connectivity index is 2.25. The molecule has 2 bridgehead atoms. The first-order valence-electron chi connectivity index (χ1n) is 3.97. The first kappa shape index (κ1) is 5.52. The van der Waals surface area contributed by atoms with Crippen molar-refractivity contribution in [2.75, 3.05) is 0 Å². The van der Waals surface area contributed by atoms with Crippen molar-refractivity contribution in [3.05, 3.63) is 12.2 Å². The van der Waals surface area contributed by atoms with Gasteiger partial charge in [0.1, 0.15) is 0 Å². The fourth-order valence-electron chi connectivity index (χ4n) is 2.48. The first-order chi connectivity index (χ1) is 4.29. The van der Waals surface area contributed by atoms with Crippen LogP contribution >= 0.6 is 0 Å². The van der Waals surface area contributed by atoms with E-state index in [-0.39, 0.29) is 0 Å². The highest BCUT2D eigenvalue weighted by Gasteiger charge is 2.39. The smallest absolute Gasteiger partial charge is 0.0200 e. The monoisotopic (exact) mass is 122 g/mol. The van der Waals surface area contributed by atoms with Gasteiger partial charge in [-0.2, -0.15) is 0 Å². The molecular formula is C9H14. The predicted octanol–water partition coefficient (Wildman–Crippen LogP) is 2.61. The molecular weight excluding hydrogens is 108 g/mol. The van der Waals surface area contributed by atoms with Crippen LogP contribution in [0.1, 0.15) is 26.2 Å². The van der Waals surface area contributed by atoms with E-state index in [1.165, 1.54) is 19.3 Å². The quantitative estimate of drug-likeness (QED) is 0.433. The zero-order valence-electron chi connectivity index (χ0n) is 6.06. The van der Waals surface area contributed by atoms with E-state index in [0.717, 1.165) is 17.8 Å². The SMILES string of the molecule is C=C1C2CCC(C2)[C@H]1C. The fraction of sp³-hybridized carbons (Fsp3) is 0.778. The molecule has 0 aromatic carbocycles. The molecule has 2 unspecified atom stereocenters. The van der Waals surface area contributed by atoms with Crippen LogP contribution in [0.4, 0.5) is 0 Å². The lowest BCUT2D eigenvalue weighted by Crippen LogP contribution is -2.08. The van der Waals surface area contributed by atoms with E-state index in [2.05, 4.69) is 13.5 Å². The summed E-state index contributed by atoms with van der Waals surface area (Å²) < 4.78 is 0. The molecule has 0 heterocycles. The molecule has 0 heteroatoms. The Kier molecular flexibility index (Phi) is 0.992. The summed E-state index contributed by atoms with van der Waals surface area (Å²) in [5.74, 6) is 2.79. The number of fused-ring (bicyclic) bond motifs is 2. The maximum Gasteiger partial charge on any atom is -0.0200 e. The largest absolute Gasteiger partial charge is 0.0993 e. The zero-order chi connectivity index (χ0) is 6.43. The van der Waals surface area contributed by atoms with Gasteiger partial charge >= 0.3 is 0 Å². The van der Waals surface area contributed by atoms with Gasteiger partial charge in [0, 0.05) is 0 Å². The van der Waals surface area contributed by atoms with Crippen molar-refractivity contribution < 1.29 is 0 Å². The van der Waals surface area contributed by atoms with Crippen molar-refractivity contribution in [2.24, 2.45) is 17.8 Å². The Morgan fingerprint density at radius 3 is 2.56 bits per heavy atom. The Bertz CT molecular complexity index is 142. The minimum atomic E-state index is 0.851. The van der Waals surface area contributed by atoms with Gasteiger partial charge in [0.15, 0.2) is 0 Å². The molecule has 2 saturated carbocycles. The molecule has 0 nitrogen and oxygen atoms in total. The standard InChI is InChI=1S/C9H14/c1-6-7(2)9-4-3-8(6)5-9/h7-9H,1,3-5H2,2H3/t7-,8?,9?/m0/s1. The normalized spacial score (nSPS) is 48.6. The lowest BCUT2D eigenvalue weighted by Gasteiger charge is -2.19. The third-order valence-corrected chi connectivity index (χ3v) is 3.29. The second-order valence-electron chi connectivity index (χ2n) is 3.63. The van der Waals surface area contributed by atoms with Crippen LogP contribution in [0.3, 0.4) is 0 Å². The lowest BCUT2D eigenvalue weighted by molar-refractivity contribution is 0.436. The predicted molar refractivity (Wildman–Crippen MR) is 39.1 cm³/mol. The molecule has 2 aliphatic rings. The average molecular weight is 122 g/mol. The highest BCUT2D eigenvalue weighted by atomic mass is 14.4. The second-order valence-corrected chi connectivity index (χ2v) is 3.63. The number of hydrogen-bond acceptors (Lipinski definition) is 0. The zero-order valence-corrected chi connectivity index (χ0v) is 6.06. The minimum absolute atomic E-state index is 0.851. The van der Waals surface area contributed by atoms with Crippen LogP contribution in [0.5, 0.6) is 0 Å². The van der Waals surface area contributed by atoms with Crippen molar-refractivity contribution >= 4 is 0 Å². The minimum Gasteiger partial charge on any atom is -0.0993 e. The number of hydrogen-bond donors (Lipinski definition) is 0. The first-order valence-corrected chi connectivity index (χ1v) is 3.97. The molecule has 3 atom stereocenters. The van der Waals surface area contributed by atoms with Crippen LogP contribution in [0.15, 0.2) is 12.2 Å². The molecule has 0 saturated heterocycles. The van der Waals surface area contributed by atoms with Gasteiger partial charge < -0.3 is 0 Å². The van der Waals surface area contributed by atoms with Crippen LogP contribution < -0.4 is 0 Å². The summed E-state index contributed by atoms with van der Waals surface area (Å²) in [4.78, 5) is 0. The Labute approximate surface area is 57.0 Å². The van der Waals surface area contributed by atoms with Crippen LogP contribution in [-0.2, 0) is 0 Å². The molecule has 2 rings (SSSR count). The van der Waals surface area contributed by atoms with Crippen molar-refractivity contribution in [3.63, 3.8) is 0 Å². The van der Waals surface area contributed by atoms with Gasteiger partial charge in [0.2, 0.25) is 0 Å². The van der Waals surface area contributed by atoms with E-state index in [1.54, 1.807) is 5.57 Å². The van der Waals surface area contributed by atoms with Gasteiger partial charge in [-0.1, -0.05) is 19.1 Å². The molecule has 50 valence electrons. The summed E-state index contributed by atoms with van der Waals surface area (Å²) in [7, 11) is 0. The molecule has 0 aliphatic heterocycles. The Hall–Kier alpha value is -0.260. The third kappa shape index (κ3) is 0.593. The molecule has 0 aromatic rings. The van der Waals surface area contributed by atoms with Gasteiger partial charge in [-0.25, -0.2) is 0 Å². The molecule has 9 heavy (non-hydrogen) atoms. The van der Waals surface area contributed by atoms with Gasteiger partial charge in [0.25, 0.3) is 0 Å². The molecule has 0 spiro atoms. The molecule has 2 fully saturated rings. The Morgan fingerprint density at radius 2 is 2.22 bits per heavy atom. The topological polar surface area (TPSA) is 0 Å². The molecule has 0 aromatic heterocycles. The van der Waals surface area contributed by atoms with Crippen LogP contribution in [0, 0.1) is 17.8 Å². The maximum absolute atomic E-state index is 4.12. The van der Waals surface area contributed by atoms with E-state index in [1.807, 2.05) is 0 Å². The highest BCUT2D eigenvalue weighted by Crippen LogP contribution is 2.50. The third-order valence-electron chi connectivity index (χ3n) is 3.29. The van der Waals surface area contributed by atoms with Gasteiger partial charge in [-0.05, 0) is 37.0 Å². The van der Waals surface area contributed by atoms with Crippen LogP contribution in [0.25, 0.3) is 0 Å². The van der Waals surface area contributed by atoms with Crippen LogP contribution in [0.2, 0.25) is 0 Å². The maximum atomic E-state index is 4.12. The van der Waals surface area contributed by atoms with Crippen molar-refractivity contribution in [1.29, 1.82) is 0 Å². The van der Waals surface area contributed by atoms with E-state index in [4.69, 9.17) is 0 Å². The van der Waals surface area contributed by atoms with E-state index in [0.29, 0.717) is 0 Å². The molecule has 0 N–H and O–H groups in total. The second kappa shape index (κ2) is 1.62. The molecule has 0 amide bonds. The van der Waals surface area contributed by atoms with E-state index < -0.39 is 0 Å². The number of rotatable bonds is 0. The summed E-state index contributed by atoms with van der Waals surface area (Å²) in [5, 5.41) is 0. The summed E-state index contributed by atoms with van der Waals surface area (Å²) in [6.45, 7) is 6.46. The van der Waals surface area contributed by atoms with Crippen LogP contribution in [-0.4, -0.2) is 0 Å². The summed E-state index contributed by atoms with van der Waals surface area (Å²) in [5.41, 5.74) is 1.55. The van der Waals surface area contributed by atoms with Crippen molar-refractivity contribution in [1.82, 2.24) is 0 Å². The van der Waals surface area contributed by atoms with Gasteiger partial charge in [-0.15, -0.1) is 0 Å². The van der Waals surface area contributed by atoms with Crippen molar-refractivity contribution in [3.8, 4) is 0 Å². The molecule has 2 aliphatic carbocycles. The molecule has 0 radical (unpaired) electrons. The fourth-order valence-corrected chi connectivity index (χ4v) is 2.48. The van der Waals surface area contributed by atoms with E-state index in [9.17, 15) is 0 Å².